The van der Waals surface area contributed by atoms with Crippen LogP contribution in [-0.4, -0.2) is 90.2 Å². The molecule has 0 aliphatic heterocycles. The lowest BCUT2D eigenvalue weighted by atomic mass is 9.76. The minimum atomic E-state index is -4.25. The third-order valence-electron chi connectivity index (χ3n) is 14.5. The molecule has 3 aliphatic rings. The average Bonchev–Trinajstić information content (AvgIpc) is 0.844. The summed E-state index contributed by atoms with van der Waals surface area (Å²) in [5.41, 5.74) is 7.35. The van der Waals surface area contributed by atoms with E-state index in [0.717, 1.165) is 61.4 Å². The Labute approximate surface area is 555 Å². The number of hydrogen-bond donors (Lipinski definition) is 7. The van der Waals surface area contributed by atoms with Crippen LogP contribution in [0, 0.1) is 115 Å². The molecule has 0 bridgehead atoms. The average molecular weight is 1330 g/mol. The first-order valence-electron chi connectivity index (χ1n) is 32.1. The second-order valence-corrected chi connectivity index (χ2v) is 25.4. The van der Waals surface area contributed by atoms with Crippen molar-refractivity contribution in [2.45, 2.75) is 214 Å². The molecular weight excluding hydrogens is 1220 g/mol. The smallest absolute Gasteiger partial charge is 0.386 e. The van der Waals surface area contributed by atoms with Gasteiger partial charge in [-0.15, -0.1) is 0 Å². The molecule has 94 heavy (non-hydrogen) atoms. The minimum absolute atomic E-state index is 0.0191. The molecule has 2 aromatic carbocycles. The molecule has 1 aromatic heterocycles. The van der Waals surface area contributed by atoms with Crippen LogP contribution in [-0.2, 0) is 14.4 Å². The van der Waals surface area contributed by atoms with Gasteiger partial charge < -0.3 is 42.2 Å². The number of amides is 5. The number of nitrogens with one attached hydrogen (secondary N) is 6. The number of imide groups is 1. The van der Waals surface area contributed by atoms with Gasteiger partial charge in [0.25, 0.3) is 0 Å². The van der Waals surface area contributed by atoms with E-state index in [-0.39, 0.29) is 87.7 Å². The molecule has 20 nitrogen and oxygen atoms in total. The maximum Gasteiger partial charge on any atom is 0.405 e. The van der Waals surface area contributed by atoms with Gasteiger partial charge in [0.05, 0.1) is 5.69 Å². The van der Waals surface area contributed by atoms with E-state index >= 15 is 0 Å². The van der Waals surface area contributed by atoms with Crippen molar-refractivity contribution < 1.29 is 45.7 Å². The number of nitrogens with two attached hydrogens (primary N) is 1. The van der Waals surface area contributed by atoms with Crippen LogP contribution in [0.25, 0.3) is 0 Å². The monoisotopic (exact) mass is 1330 g/mol. The van der Waals surface area contributed by atoms with E-state index < -0.39 is 24.4 Å². The van der Waals surface area contributed by atoms with Crippen LogP contribution in [0.3, 0.4) is 0 Å². The number of carbonyl (C=O) groups is 4. The van der Waals surface area contributed by atoms with Gasteiger partial charge in [0.15, 0.2) is 17.4 Å². The van der Waals surface area contributed by atoms with Crippen LogP contribution in [0.5, 0.6) is 0 Å². The summed E-state index contributed by atoms with van der Waals surface area (Å²) in [5.74, 6) is 3.02. The molecule has 25 heteroatoms. The summed E-state index contributed by atoms with van der Waals surface area (Å²) in [6.07, 6.45) is 18.7. The number of benzene rings is 1. The summed E-state index contributed by atoms with van der Waals surface area (Å²) >= 11 is 0. The third-order valence-corrected chi connectivity index (χ3v) is 14.5. The van der Waals surface area contributed by atoms with Crippen LogP contribution in [0.4, 0.5) is 43.8 Å². The molecule has 3 saturated carbocycles. The fraction of sp³-hybridized carbons (Fsp3) is 0.638. The molecule has 1 heterocycles. The highest BCUT2D eigenvalue weighted by molar-refractivity contribution is 5.96. The van der Waals surface area contributed by atoms with Crippen LogP contribution < -0.4 is 48.5 Å². The van der Waals surface area contributed by atoms with Gasteiger partial charge in [0, 0.05) is 91.1 Å². The number of carbonyl (C=O) groups excluding carboxylic acids is 4. The van der Waals surface area contributed by atoms with Gasteiger partial charge in [-0.3, -0.25) is 33.9 Å². The Balaban J connectivity index is 0. The Bertz CT molecular complexity index is 3070. The first kappa shape index (κ1) is 87.9. The molecule has 0 saturated heterocycles. The second kappa shape index (κ2) is 45.2. The molecule has 3 aliphatic carbocycles. The number of nitrogens with zero attached hydrogens (tertiary/aromatic N) is 6. The number of terminal acetylenes is 2. The van der Waals surface area contributed by atoms with E-state index in [1.54, 1.807) is 61.8 Å². The second-order valence-electron chi connectivity index (χ2n) is 25.4. The van der Waals surface area contributed by atoms with Crippen LogP contribution >= 0.6 is 0 Å². The van der Waals surface area contributed by atoms with Crippen molar-refractivity contribution in [3.05, 3.63) is 67.3 Å². The van der Waals surface area contributed by atoms with Crippen molar-refractivity contribution in [1.82, 2.24) is 26.0 Å². The molecular formula is C69H108F5N13O7. The quantitative estimate of drug-likeness (QED) is 0.0142. The number of alkyl halides is 3. The number of halogens is 5. The molecule has 1 unspecified atom stereocenters. The Hall–Kier alpha value is -8.14. The van der Waals surface area contributed by atoms with Gasteiger partial charge in [-0.2, -0.15) is 28.4 Å². The van der Waals surface area contributed by atoms with Crippen molar-refractivity contribution in [2.75, 3.05) is 36.6 Å². The summed E-state index contributed by atoms with van der Waals surface area (Å²) < 4.78 is 65.4. The van der Waals surface area contributed by atoms with Crippen LogP contribution in [0.2, 0.25) is 0 Å². The first-order chi connectivity index (χ1) is 43.7. The molecule has 3 fully saturated rings. The molecule has 526 valence electrons. The Morgan fingerprint density at radius 2 is 1.28 bits per heavy atom. The highest BCUT2D eigenvalue weighted by atomic mass is 19.4. The van der Waals surface area contributed by atoms with E-state index in [1.165, 1.54) is 43.1 Å². The number of urea groups is 1. The topological polar surface area (TPSA) is 291 Å². The summed E-state index contributed by atoms with van der Waals surface area (Å²) in [4.78, 5) is 80.1. The summed E-state index contributed by atoms with van der Waals surface area (Å²) in [6.45, 7) is 35.5. The molecule has 6 rings (SSSR count). The molecule has 0 radical (unpaired) electrons. The fourth-order valence-corrected chi connectivity index (χ4v) is 8.08. The SMILES string of the molecule is C#CN=C(NCC(F)(F)F)C(C)C.C#CNC(=NC)C(C)C.CC(C)C(=O)N(C(=O)NC1CC1)C1CC1.CC(C)C(=O)Nc1ccc(F)c(F)c1.CC(C)C(C)C1CCCCC1.CC(C)C(N)=NC#N.CNc1c(C(C)C)c(=O)c1=O.Cc1noc(C)c1NC(=O)C(C)C. The number of aliphatic imine (C=N–C) groups is 3. The number of aromatic nitrogens is 1. The maximum absolute atomic E-state index is 12.7. The molecule has 5 amide bonds. The van der Waals surface area contributed by atoms with Crippen LogP contribution in [0.1, 0.15) is 198 Å². The molecule has 1 atom stereocenters. The number of amidine groups is 3. The number of hydrogen-bond acceptors (Lipinski definition) is 13. The number of anilines is 3. The summed E-state index contributed by atoms with van der Waals surface area (Å²) in [6, 6.07) is 7.81. The van der Waals surface area contributed by atoms with Crippen molar-refractivity contribution in [2.24, 2.45) is 74.0 Å². The zero-order valence-corrected chi connectivity index (χ0v) is 59.4. The predicted molar refractivity (Wildman–Crippen MR) is 368 cm³/mol. The van der Waals surface area contributed by atoms with Gasteiger partial charge in [-0.25, -0.2) is 13.6 Å². The Morgan fingerprint density at radius 1 is 0.734 bits per heavy atom. The van der Waals surface area contributed by atoms with E-state index in [4.69, 9.17) is 28.4 Å². The third kappa shape index (κ3) is 35.8. The lowest BCUT2D eigenvalue weighted by molar-refractivity contribution is -0.132. The van der Waals surface area contributed by atoms with E-state index in [1.807, 2.05) is 75.3 Å². The normalized spacial score (nSPS) is 14.1. The lowest BCUT2D eigenvalue weighted by Crippen LogP contribution is -2.47. The van der Waals surface area contributed by atoms with Crippen molar-refractivity contribution in [1.29, 1.82) is 5.26 Å². The highest BCUT2D eigenvalue weighted by Gasteiger charge is 2.39. The van der Waals surface area contributed by atoms with Gasteiger partial charge in [-0.05, 0) is 75.3 Å². The van der Waals surface area contributed by atoms with E-state index in [2.05, 4.69) is 78.9 Å². The highest BCUT2D eigenvalue weighted by Crippen LogP contribution is 2.33. The van der Waals surface area contributed by atoms with E-state index in [9.17, 15) is 50.7 Å². The summed E-state index contributed by atoms with van der Waals surface area (Å²) in [7, 11) is 3.38. The van der Waals surface area contributed by atoms with Gasteiger partial charge in [-0.1, -0.05) is 168 Å². The Morgan fingerprint density at radius 3 is 1.62 bits per heavy atom. The zero-order valence-electron chi connectivity index (χ0n) is 59.4. The minimum Gasteiger partial charge on any atom is -0.386 e. The molecule has 0 spiro atoms. The van der Waals surface area contributed by atoms with Gasteiger partial charge in [0.1, 0.15) is 35.4 Å². The van der Waals surface area contributed by atoms with Gasteiger partial charge in [0.2, 0.25) is 34.8 Å². The fourth-order valence-electron chi connectivity index (χ4n) is 8.08. The Kier molecular flexibility index (Phi) is 42.3. The predicted octanol–water partition coefficient (Wildman–Crippen LogP) is 13.4. The van der Waals surface area contributed by atoms with Crippen molar-refractivity contribution in [3.8, 4) is 31.1 Å². The first-order valence-corrected chi connectivity index (χ1v) is 32.1. The zero-order chi connectivity index (χ0) is 72.9. The largest absolute Gasteiger partial charge is 0.405 e. The van der Waals surface area contributed by atoms with Gasteiger partial charge >= 0.3 is 12.2 Å². The molecule has 8 N–H and O–H groups in total. The number of rotatable bonds is 15. The van der Waals surface area contributed by atoms with Crippen molar-refractivity contribution in [3.63, 3.8) is 0 Å². The van der Waals surface area contributed by atoms with E-state index in [0.29, 0.717) is 46.2 Å². The van der Waals surface area contributed by atoms with Crippen molar-refractivity contribution >= 4 is 58.3 Å². The number of nitriles is 1. The maximum atomic E-state index is 12.7. The molecule has 3 aromatic rings. The number of aryl methyl sites for hydroxylation is 2. The lowest BCUT2D eigenvalue weighted by Gasteiger charge is -2.30. The summed E-state index contributed by atoms with van der Waals surface area (Å²) in [5, 5.41) is 27.4. The standard InChI is InChI=1S/C11H18N2O2.C11H22.C10H11F2NO.C9H14N2O2.C8H11F3N2.C8H11NO2.C7H12N2.C5H9N3/c1-7(2)10(14)13(9-5-6-9)11(15)12-8-3-4-8;1-9(2)10(3)11-7-5-4-6-8-11;1-6(2)10(14)13-7-3-4-8(11)9(12)5-7;1-5(2)9(12)10-8-6(3)11-13-7(8)4;1-4-12-7(6(2)3)13-5-8(9,10)11;1-4(2)5-6(9-3)8(11)7(5)10;1-5-9-7(8-4)6(2)3;1-4(2)5(7)8-3-6/h7-9H,3-6H2,1-2H3,(H,12,15);9-11H,4-8H2,1-3H3;3-6H,1-2H3,(H,13,14);5H,1-4H3,(H,10,12);1,6H,5H2,2-3H3,(H,12,13);4,9H,1-3H3;1,6H,2-4H3,(H,8,9);4H,1-2H3,(H2,7,8). The van der Waals surface area contributed by atoms with Crippen LogP contribution in [0.15, 0.2) is 47.3 Å².